The van der Waals surface area contributed by atoms with Crippen LogP contribution in [0.3, 0.4) is 0 Å². The number of fused-ring (bicyclic) bond motifs is 1. The fraction of sp³-hybridized carbons (Fsp3) is 0.222. The molecule has 1 aliphatic carbocycles. The summed E-state index contributed by atoms with van der Waals surface area (Å²) in [6, 6.07) is 4.15. The smallest absolute Gasteiger partial charge is 0.0582 e. The first kappa shape index (κ1) is 7.63. The molecule has 0 bridgehead atoms. The van der Waals surface area contributed by atoms with Crippen molar-refractivity contribution in [3.05, 3.63) is 39.2 Å². The molecule has 0 aromatic heterocycles. The van der Waals surface area contributed by atoms with Gasteiger partial charge in [-0.05, 0) is 52.4 Å². The molecule has 0 aliphatic heterocycles. The van der Waals surface area contributed by atoms with Crippen molar-refractivity contribution in [3.8, 4) is 0 Å². The number of hydrogen-bond donors (Lipinski definition) is 0. The lowest BCUT2D eigenvalue weighted by Crippen LogP contribution is -1.83. The van der Waals surface area contributed by atoms with Crippen molar-refractivity contribution >= 4 is 27.5 Å². The Morgan fingerprint density at radius 2 is 2.09 bits per heavy atom. The summed E-state index contributed by atoms with van der Waals surface area (Å²) in [5, 5.41) is 0.885. The van der Waals surface area contributed by atoms with Crippen LogP contribution in [0.2, 0.25) is 5.02 Å². The van der Waals surface area contributed by atoms with E-state index in [1.165, 1.54) is 11.1 Å². The van der Waals surface area contributed by atoms with Crippen molar-refractivity contribution < 1.29 is 0 Å². The van der Waals surface area contributed by atoms with Crippen LogP contribution in [-0.4, -0.2) is 0 Å². The first-order valence-corrected chi connectivity index (χ1v) is 4.73. The predicted octanol–water partition coefficient (Wildman–Crippen LogP) is 3.41. The van der Waals surface area contributed by atoms with Crippen LogP contribution in [0.25, 0.3) is 0 Å². The van der Waals surface area contributed by atoms with Gasteiger partial charge in [-0.25, -0.2) is 0 Å². The Hall–Kier alpha value is -0.0100. The number of hydrogen-bond acceptors (Lipinski definition) is 0. The quantitative estimate of drug-likeness (QED) is 0.641. The third-order valence-electron chi connectivity index (χ3n) is 2.01. The van der Waals surface area contributed by atoms with Crippen molar-refractivity contribution in [3.63, 3.8) is 0 Å². The van der Waals surface area contributed by atoms with E-state index in [2.05, 4.69) is 28.4 Å². The minimum absolute atomic E-state index is 0.885. The molecule has 0 nitrogen and oxygen atoms in total. The standard InChI is InChI=1S/C9H7BrCl/c10-8-5-4-6-2-1-3-7(6)9(8)11/h1,4-5H,2-3H2. The van der Waals surface area contributed by atoms with E-state index >= 15 is 0 Å². The molecule has 1 aromatic rings. The molecule has 0 saturated carbocycles. The molecule has 0 fully saturated rings. The molecule has 0 amide bonds. The highest BCUT2D eigenvalue weighted by Gasteiger charge is 2.15. The molecule has 2 heteroatoms. The van der Waals surface area contributed by atoms with E-state index in [1.807, 2.05) is 6.07 Å². The third-order valence-corrected chi connectivity index (χ3v) is 3.33. The lowest BCUT2D eigenvalue weighted by atomic mass is 10.1. The van der Waals surface area contributed by atoms with Gasteiger partial charge in [-0.15, -0.1) is 0 Å². The summed E-state index contributed by atoms with van der Waals surface area (Å²) >= 11 is 9.47. The highest BCUT2D eigenvalue weighted by molar-refractivity contribution is 9.10. The highest BCUT2D eigenvalue weighted by atomic mass is 79.9. The minimum Gasteiger partial charge on any atom is -0.0828 e. The first-order chi connectivity index (χ1) is 5.29. The van der Waals surface area contributed by atoms with E-state index in [4.69, 9.17) is 11.6 Å². The molecule has 1 radical (unpaired) electrons. The lowest BCUT2D eigenvalue weighted by Gasteiger charge is -2.02. The maximum Gasteiger partial charge on any atom is 0.0582 e. The van der Waals surface area contributed by atoms with Gasteiger partial charge >= 0.3 is 0 Å². The second-order valence-electron chi connectivity index (χ2n) is 2.70. The molecule has 11 heavy (non-hydrogen) atoms. The molecule has 1 aliphatic rings. The zero-order chi connectivity index (χ0) is 7.84. The fourth-order valence-corrected chi connectivity index (χ4v) is 2.05. The maximum atomic E-state index is 6.07. The summed E-state index contributed by atoms with van der Waals surface area (Å²) in [5.74, 6) is 0. The zero-order valence-corrected chi connectivity index (χ0v) is 8.24. The molecule has 0 saturated heterocycles. The SMILES string of the molecule is Clc1c(Br)ccc2c1C[CH]C2. The average molecular weight is 231 g/mol. The summed E-state index contributed by atoms with van der Waals surface area (Å²) in [7, 11) is 0. The molecule has 57 valence electrons. The molecule has 0 N–H and O–H groups in total. The van der Waals surface area contributed by atoms with Crippen LogP contribution in [0.5, 0.6) is 0 Å². The Kier molecular flexibility index (Phi) is 1.94. The van der Waals surface area contributed by atoms with Crippen molar-refractivity contribution in [2.24, 2.45) is 0 Å². The molecule has 1 aromatic carbocycles. The van der Waals surface area contributed by atoms with E-state index < -0.39 is 0 Å². The van der Waals surface area contributed by atoms with Gasteiger partial charge in [0.1, 0.15) is 0 Å². The van der Waals surface area contributed by atoms with Gasteiger partial charge in [0.25, 0.3) is 0 Å². The predicted molar refractivity (Wildman–Crippen MR) is 50.9 cm³/mol. The van der Waals surface area contributed by atoms with E-state index in [0.29, 0.717) is 0 Å². The van der Waals surface area contributed by atoms with Crippen LogP contribution in [0.1, 0.15) is 11.1 Å². The first-order valence-electron chi connectivity index (χ1n) is 3.56. The molecular weight excluding hydrogens is 223 g/mol. The molecule has 2 rings (SSSR count). The van der Waals surface area contributed by atoms with E-state index in [9.17, 15) is 0 Å². The Labute approximate surface area is 79.7 Å². The van der Waals surface area contributed by atoms with Crippen molar-refractivity contribution in [2.75, 3.05) is 0 Å². The topological polar surface area (TPSA) is 0 Å². The van der Waals surface area contributed by atoms with Crippen LogP contribution >= 0.6 is 27.5 Å². The highest BCUT2D eigenvalue weighted by Crippen LogP contribution is 2.33. The van der Waals surface area contributed by atoms with Crippen LogP contribution in [0, 0.1) is 6.42 Å². The van der Waals surface area contributed by atoms with E-state index in [0.717, 1.165) is 22.3 Å². The Bertz CT molecular complexity index is 294. The van der Waals surface area contributed by atoms with Crippen LogP contribution in [-0.2, 0) is 12.8 Å². The van der Waals surface area contributed by atoms with Crippen molar-refractivity contribution in [2.45, 2.75) is 12.8 Å². The number of benzene rings is 1. The molecule has 0 spiro atoms. The zero-order valence-electron chi connectivity index (χ0n) is 5.90. The van der Waals surface area contributed by atoms with Gasteiger partial charge < -0.3 is 0 Å². The monoisotopic (exact) mass is 229 g/mol. The molecule has 0 atom stereocenters. The van der Waals surface area contributed by atoms with Crippen LogP contribution in [0.15, 0.2) is 16.6 Å². The number of rotatable bonds is 0. The molecular formula is C9H7BrCl. The van der Waals surface area contributed by atoms with Gasteiger partial charge in [0, 0.05) is 4.47 Å². The van der Waals surface area contributed by atoms with Crippen LogP contribution < -0.4 is 0 Å². The summed E-state index contributed by atoms with van der Waals surface area (Å²) in [5.41, 5.74) is 2.67. The summed E-state index contributed by atoms with van der Waals surface area (Å²) in [6.07, 6.45) is 4.35. The summed E-state index contributed by atoms with van der Waals surface area (Å²) in [4.78, 5) is 0. The number of halogens is 2. The van der Waals surface area contributed by atoms with Gasteiger partial charge in [0.15, 0.2) is 0 Å². The maximum absolute atomic E-state index is 6.07. The normalized spacial score (nSPS) is 15.1. The summed E-state index contributed by atoms with van der Waals surface area (Å²) < 4.78 is 1.01. The van der Waals surface area contributed by atoms with Gasteiger partial charge in [0.05, 0.1) is 5.02 Å². The fourth-order valence-electron chi connectivity index (χ4n) is 1.42. The second-order valence-corrected chi connectivity index (χ2v) is 3.93. The van der Waals surface area contributed by atoms with Crippen LogP contribution in [0.4, 0.5) is 0 Å². The van der Waals surface area contributed by atoms with Crippen molar-refractivity contribution in [1.29, 1.82) is 0 Å². The third kappa shape index (κ3) is 1.21. The minimum atomic E-state index is 0.885. The Balaban J connectivity index is 2.62. The largest absolute Gasteiger partial charge is 0.0828 e. The van der Waals surface area contributed by atoms with E-state index in [-0.39, 0.29) is 0 Å². The van der Waals surface area contributed by atoms with Gasteiger partial charge in [-0.2, -0.15) is 0 Å². The van der Waals surface area contributed by atoms with E-state index in [1.54, 1.807) is 0 Å². The van der Waals surface area contributed by atoms with Gasteiger partial charge in [-0.3, -0.25) is 0 Å². The molecule has 0 unspecified atom stereocenters. The second kappa shape index (κ2) is 2.80. The van der Waals surface area contributed by atoms with Crippen molar-refractivity contribution in [1.82, 2.24) is 0 Å². The Morgan fingerprint density at radius 1 is 1.27 bits per heavy atom. The van der Waals surface area contributed by atoms with Gasteiger partial charge in [0.2, 0.25) is 0 Å². The lowest BCUT2D eigenvalue weighted by molar-refractivity contribution is 1.17. The Morgan fingerprint density at radius 3 is 2.91 bits per heavy atom. The van der Waals surface area contributed by atoms with Gasteiger partial charge in [-0.1, -0.05) is 17.7 Å². The summed E-state index contributed by atoms with van der Waals surface area (Å²) in [6.45, 7) is 0. The molecule has 0 heterocycles. The average Bonchev–Trinajstić information content (AvgIpc) is 2.45.